The zero-order chi connectivity index (χ0) is 11.1. The lowest BCUT2D eigenvalue weighted by Crippen LogP contribution is -1.92. The molecule has 1 aliphatic rings. The fourth-order valence-corrected chi connectivity index (χ4v) is 1.78. The summed E-state index contributed by atoms with van der Waals surface area (Å²) >= 11 is 6.09. The Labute approximate surface area is 95.7 Å². The van der Waals surface area contributed by atoms with Gasteiger partial charge in [0, 0.05) is 17.7 Å². The van der Waals surface area contributed by atoms with Crippen molar-refractivity contribution < 1.29 is 14.0 Å². The SMILES string of the molecule is Nc1cc(-c2cc3c(cc2Cl)OCO3)no1. The highest BCUT2D eigenvalue weighted by atomic mass is 35.5. The summed E-state index contributed by atoms with van der Waals surface area (Å²) in [5.41, 5.74) is 6.72. The van der Waals surface area contributed by atoms with Gasteiger partial charge >= 0.3 is 0 Å². The second kappa shape index (κ2) is 3.31. The average Bonchev–Trinajstić information content (AvgIpc) is 2.84. The van der Waals surface area contributed by atoms with E-state index in [0.29, 0.717) is 27.8 Å². The minimum Gasteiger partial charge on any atom is -0.454 e. The molecule has 0 fully saturated rings. The molecule has 0 atom stereocenters. The zero-order valence-electron chi connectivity index (χ0n) is 8.07. The number of halogens is 1. The molecule has 6 heteroatoms. The number of nitrogens with two attached hydrogens (primary N) is 1. The molecule has 0 amide bonds. The molecule has 0 spiro atoms. The van der Waals surface area contributed by atoms with Crippen molar-refractivity contribution in [3.05, 3.63) is 23.2 Å². The third-order valence-corrected chi connectivity index (χ3v) is 2.58. The summed E-state index contributed by atoms with van der Waals surface area (Å²) in [6, 6.07) is 5.04. The van der Waals surface area contributed by atoms with E-state index < -0.39 is 0 Å². The van der Waals surface area contributed by atoms with Crippen LogP contribution in [0.15, 0.2) is 22.7 Å². The van der Waals surface area contributed by atoms with Gasteiger partial charge in [-0.3, -0.25) is 0 Å². The van der Waals surface area contributed by atoms with Crippen molar-refractivity contribution in [2.45, 2.75) is 0 Å². The number of benzene rings is 1. The number of hydrogen-bond acceptors (Lipinski definition) is 5. The van der Waals surface area contributed by atoms with Crippen LogP contribution in [0.1, 0.15) is 0 Å². The van der Waals surface area contributed by atoms with E-state index in [0.717, 1.165) is 0 Å². The van der Waals surface area contributed by atoms with E-state index in [2.05, 4.69) is 5.16 Å². The third kappa shape index (κ3) is 1.37. The first-order chi connectivity index (χ1) is 7.74. The minimum absolute atomic E-state index is 0.204. The van der Waals surface area contributed by atoms with Gasteiger partial charge in [-0.1, -0.05) is 16.8 Å². The molecule has 0 aliphatic carbocycles. The van der Waals surface area contributed by atoms with E-state index in [9.17, 15) is 0 Å². The zero-order valence-corrected chi connectivity index (χ0v) is 8.82. The van der Waals surface area contributed by atoms with E-state index in [-0.39, 0.29) is 12.7 Å². The first kappa shape index (κ1) is 9.35. The highest BCUT2D eigenvalue weighted by molar-refractivity contribution is 6.33. The van der Waals surface area contributed by atoms with E-state index in [1.54, 1.807) is 18.2 Å². The second-order valence-electron chi connectivity index (χ2n) is 3.30. The molecule has 16 heavy (non-hydrogen) atoms. The standard InChI is InChI=1S/C10H7ClN2O3/c11-6-2-9-8(14-4-15-9)1-5(6)7-3-10(12)16-13-7/h1-3H,4,12H2. The van der Waals surface area contributed by atoms with Gasteiger partial charge in [-0.25, -0.2) is 0 Å². The molecule has 0 radical (unpaired) electrons. The molecule has 3 rings (SSSR count). The maximum atomic E-state index is 6.09. The minimum atomic E-state index is 0.204. The highest BCUT2D eigenvalue weighted by Gasteiger charge is 2.18. The first-order valence-corrected chi connectivity index (χ1v) is 4.93. The van der Waals surface area contributed by atoms with Gasteiger partial charge in [-0.15, -0.1) is 0 Å². The molecule has 2 heterocycles. The second-order valence-corrected chi connectivity index (χ2v) is 3.71. The number of nitrogen functional groups attached to an aromatic ring is 1. The van der Waals surface area contributed by atoms with E-state index >= 15 is 0 Å². The molecule has 0 bridgehead atoms. The van der Waals surface area contributed by atoms with Crippen molar-refractivity contribution in [3.8, 4) is 22.8 Å². The van der Waals surface area contributed by atoms with Gasteiger partial charge in [-0.2, -0.15) is 0 Å². The Balaban J connectivity index is 2.14. The van der Waals surface area contributed by atoms with Gasteiger partial charge in [0.15, 0.2) is 11.5 Å². The predicted octanol–water partition coefficient (Wildman–Crippen LogP) is 2.31. The van der Waals surface area contributed by atoms with Crippen molar-refractivity contribution in [2.24, 2.45) is 0 Å². The maximum absolute atomic E-state index is 6.09. The van der Waals surface area contributed by atoms with Crippen molar-refractivity contribution in [2.75, 3.05) is 12.5 Å². The molecule has 1 aromatic carbocycles. The summed E-state index contributed by atoms with van der Waals surface area (Å²) in [6.07, 6.45) is 0. The molecule has 5 nitrogen and oxygen atoms in total. The van der Waals surface area contributed by atoms with Crippen LogP contribution in [0.2, 0.25) is 5.02 Å². The van der Waals surface area contributed by atoms with Crippen LogP contribution in [0.5, 0.6) is 11.5 Å². The summed E-state index contributed by atoms with van der Waals surface area (Å²) in [7, 11) is 0. The lowest BCUT2D eigenvalue weighted by atomic mass is 10.1. The van der Waals surface area contributed by atoms with Gasteiger partial charge in [-0.05, 0) is 6.07 Å². The maximum Gasteiger partial charge on any atom is 0.231 e. The molecular weight excluding hydrogens is 232 g/mol. The van der Waals surface area contributed by atoms with Crippen LogP contribution >= 0.6 is 11.6 Å². The Bertz CT molecular complexity index is 553. The topological polar surface area (TPSA) is 70.5 Å². The van der Waals surface area contributed by atoms with Gasteiger partial charge < -0.3 is 19.7 Å². The van der Waals surface area contributed by atoms with Crippen molar-refractivity contribution in [1.82, 2.24) is 5.16 Å². The van der Waals surface area contributed by atoms with E-state index in [1.165, 1.54) is 0 Å². The Morgan fingerprint density at radius 1 is 1.19 bits per heavy atom. The van der Waals surface area contributed by atoms with Crippen LogP contribution < -0.4 is 15.2 Å². The quantitative estimate of drug-likeness (QED) is 0.826. The highest BCUT2D eigenvalue weighted by Crippen LogP contribution is 2.40. The monoisotopic (exact) mass is 238 g/mol. The van der Waals surface area contributed by atoms with Crippen LogP contribution in [0.3, 0.4) is 0 Å². The normalized spacial score (nSPS) is 13.1. The number of rotatable bonds is 1. The predicted molar refractivity (Wildman–Crippen MR) is 57.5 cm³/mol. The van der Waals surface area contributed by atoms with Crippen LogP contribution in [0, 0.1) is 0 Å². The van der Waals surface area contributed by atoms with Crippen molar-refractivity contribution >= 4 is 17.5 Å². The number of hydrogen-bond donors (Lipinski definition) is 1. The van der Waals surface area contributed by atoms with Gasteiger partial charge in [0.2, 0.25) is 12.7 Å². The summed E-state index contributed by atoms with van der Waals surface area (Å²) in [5.74, 6) is 1.51. The lowest BCUT2D eigenvalue weighted by Gasteiger charge is -2.02. The van der Waals surface area contributed by atoms with Crippen LogP contribution in [0.25, 0.3) is 11.3 Å². The number of ether oxygens (including phenoxy) is 2. The molecule has 0 saturated carbocycles. The van der Waals surface area contributed by atoms with Gasteiger partial charge in [0.1, 0.15) is 5.69 Å². The Morgan fingerprint density at radius 3 is 2.62 bits per heavy atom. The smallest absolute Gasteiger partial charge is 0.231 e. The molecule has 1 aliphatic heterocycles. The van der Waals surface area contributed by atoms with Gasteiger partial charge in [0.05, 0.1) is 5.02 Å². The van der Waals surface area contributed by atoms with E-state index in [1.807, 2.05) is 0 Å². The van der Waals surface area contributed by atoms with Crippen LogP contribution in [-0.2, 0) is 0 Å². The van der Waals surface area contributed by atoms with Crippen LogP contribution in [0.4, 0.5) is 5.88 Å². The fourth-order valence-electron chi connectivity index (χ4n) is 1.53. The Hall–Kier alpha value is -1.88. The number of aromatic nitrogens is 1. The molecule has 0 saturated heterocycles. The number of nitrogens with zero attached hydrogens (tertiary/aromatic N) is 1. The van der Waals surface area contributed by atoms with Crippen LogP contribution in [-0.4, -0.2) is 11.9 Å². The summed E-state index contributed by atoms with van der Waals surface area (Å²) in [5, 5.41) is 4.30. The summed E-state index contributed by atoms with van der Waals surface area (Å²) in [6.45, 7) is 0.204. The summed E-state index contributed by atoms with van der Waals surface area (Å²) in [4.78, 5) is 0. The molecule has 1 aromatic heterocycles. The van der Waals surface area contributed by atoms with Gasteiger partial charge in [0.25, 0.3) is 0 Å². The molecule has 0 unspecified atom stereocenters. The third-order valence-electron chi connectivity index (χ3n) is 2.27. The number of fused-ring (bicyclic) bond motifs is 1. The first-order valence-electron chi connectivity index (χ1n) is 4.56. The fraction of sp³-hybridized carbons (Fsp3) is 0.100. The van der Waals surface area contributed by atoms with E-state index in [4.69, 9.17) is 31.3 Å². The molecule has 2 N–H and O–H groups in total. The van der Waals surface area contributed by atoms with Crippen molar-refractivity contribution in [1.29, 1.82) is 0 Å². The Morgan fingerprint density at radius 2 is 1.94 bits per heavy atom. The summed E-state index contributed by atoms with van der Waals surface area (Å²) < 4.78 is 15.2. The Kier molecular flexibility index (Phi) is 1.94. The largest absolute Gasteiger partial charge is 0.454 e. The molecular formula is C10H7ClN2O3. The number of anilines is 1. The van der Waals surface area contributed by atoms with Crippen molar-refractivity contribution in [3.63, 3.8) is 0 Å². The molecule has 82 valence electrons. The lowest BCUT2D eigenvalue weighted by molar-refractivity contribution is 0.174. The molecule has 2 aromatic rings. The average molecular weight is 239 g/mol.